The van der Waals surface area contributed by atoms with Crippen LogP contribution in [0.4, 0.5) is 17.1 Å². The summed E-state index contributed by atoms with van der Waals surface area (Å²) in [4.78, 5) is 26.7. The molecule has 1 saturated heterocycles. The molecule has 2 amide bonds. The molecule has 1 aliphatic rings. The fourth-order valence-corrected chi connectivity index (χ4v) is 5.70. The largest absolute Gasteiger partial charge is 0.495 e. The summed E-state index contributed by atoms with van der Waals surface area (Å²) in [7, 11) is -2.05. The predicted molar refractivity (Wildman–Crippen MR) is 148 cm³/mol. The summed E-state index contributed by atoms with van der Waals surface area (Å²) >= 11 is 0. The first-order chi connectivity index (χ1) is 18.3. The molecule has 0 saturated carbocycles. The summed E-state index contributed by atoms with van der Waals surface area (Å²) in [5.41, 5.74) is 2.47. The van der Waals surface area contributed by atoms with E-state index in [1.165, 1.54) is 16.4 Å². The summed E-state index contributed by atoms with van der Waals surface area (Å²) in [6, 6.07) is 20.5. The lowest BCUT2D eigenvalue weighted by atomic mass is 10.2. The van der Waals surface area contributed by atoms with Gasteiger partial charge in [0.25, 0.3) is 5.91 Å². The van der Waals surface area contributed by atoms with Gasteiger partial charge in [0, 0.05) is 49.5 Å². The molecular formula is C28H32N4O5S. The molecule has 10 heteroatoms. The van der Waals surface area contributed by atoms with Crippen LogP contribution in [0.25, 0.3) is 0 Å². The van der Waals surface area contributed by atoms with Crippen LogP contribution < -0.4 is 20.3 Å². The molecule has 0 aliphatic carbocycles. The lowest BCUT2D eigenvalue weighted by Gasteiger charge is -2.35. The van der Waals surface area contributed by atoms with Crippen LogP contribution in [-0.4, -0.2) is 57.8 Å². The van der Waals surface area contributed by atoms with Crippen LogP contribution in [0.2, 0.25) is 0 Å². The number of nitrogens with one attached hydrogen (secondary N) is 2. The fourth-order valence-electron chi connectivity index (χ4n) is 4.28. The molecule has 0 bridgehead atoms. The lowest BCUT2D eigenvalue weighted by molar-refractivity contribution is -0.116. The van der Waals surface area contributed by atoms with E-state index in [1.54, 1.807) is 43.5 Å². The Kier molecular flexibility index (Phi) is 8.65. The fraction of sp³-hybridized carbons (Fsp3) is 0.286. The number of hydrogen-bond donors (Lipinski definition) is 2. The van der Waals surface area contributed by atoms with Gasteiger partial charge in [-0.3, -0.25) is 9.59 Å². The summed E-state index contributed by atoms with van der Waals surface area (Å²) in [5, 5.41) is 5.56. The van der Waals surface area contributed by atoms with E-state index in [4.69, 9.17) is 4.74 Å². The second-order valence-corrected chi connectivity index (χ2v) is 10.9. The quantitative estimate of drug-likeness (QED) is 0.425. The van der Waals surface area contributed by atoms with Gasteiger partial charge >= 0.3 is 0 Å². The molecule has 1 heterocycles. The number of anilines is 3. The highest BCUT2D eigenvalue weighted by Crippen LogP contribution is 2.29. The number of amides is 2. The van der Waals surface area contributed by atoms with Gasteiger partial charge in [-0.2, -0.15) is 4.31 Å². The number of rotatable bonds is 9. The van der Waals surface area contributed by atoms with Crippen molar-refractivity contribution in [2.24, 2.45) is 0 Å². The lowest BCUT2D eigenvalue weighted by Crippen LogP contribution is -2.48. The number of carbonyl (C=O) groups excluding carboxylic acids is 2. The summed E-state index contributed by atoms with van der Waals surface area (Å²) in [5.74, 6) is 0.355. The van der Waals surface area contributed by atoms with Crippen LogP contribution in [0.1, 0.15) is 30.1 Å². The number of carbonyl (C=O) groups is 2. The van der Waals surface area contributed by atoms with Gasteiger partial charge in [-0.1, -0.05) is 19.1 Å². The SMILES string of the molecule is CCCC(=O)Nc1ccc(C(=O)Nc2ccc(S(=O)(=O)N3CCN(c4ccccc4OC)CC3)cc2)cc1. The molecule has 2 N–H and O–H groups in total. The van der Waals surface area contributed by atoms with Gasteiger partial charge in [-0.15, -0.1) is 0 Å². The molecule has 3 aromatic carbocycles. The van der Waals surface area contributed by atoms with Gasteiger partial charge in [0.15, 0.2) is 0 Å². The van der Waals surface area contributed by atoms with Crippen molar-refractivity contribution in [1.82, 2.24) is 4.31 Å². The summed E-state index contributed by atoms with van der Waals surface area (Å²) in [6.07, 6.45) is 1.19. The van der Waals surface area contributed by atoms with Crippen molar-refractivity contribution >= 4 is 38.9 Å². The monoisotopic (exact) mass is 536 g/mol. The Labute approximate surface area is 223 Å². The van der Waals surface area contributed by atoms with Crippen molar-refractivity contribution in [1.29, 1.82) is 0 Å². The number of sulfonamides is 1. The zero-order valence-electron chi connectivity index (χ0n) is 21.5. The number of benzene rings is 3. The molecule has 4 rings (SSSR count). The highest BCUT2D eigenvalue weighted by atomic mass is 32.2. The van der Waals surface area contributed by atoms with Gasteiger partial charge in [-0.05, 0) is 67.1 Å². The van der Waals surface area contributed by atoms with Crippen LogP contribution in [0, 0.1) is 0 Å². The third-order valence-corrected chi connectivity index (χ3v) is 8.24. The van der Waals surface area contributed by atoms with E-state index in [0.29, 0.717) is 49.5 Å². The van der Waals surface area contributed by atoms with E-state index >= 15 is 0 Å². The maximum Gasteiger partial charge on any atom is 0.255 e. The van der Waals surface area contributed by atoms with Crippen LogP contribution in [0.3, 0.4) is 0 Å². The zero-order chi connectivity index (χ0) is 27.1. The van der Waals surface area contributed by atoms with Crippen molar-refractivity contribution in [3.8, 4) is 5.75 Å². The maximum atomic E-state index is 13.2. The molecule has 38 heavy (non-hydrogen) atoms. The van der Waals surface area contributed by atoms with Crippen LogP contribution in [-0.2, 0) is 14.8 Å². The van der Waals surface area contributed by atoms with E-state index in [-0.39, 0.29) is 16.7 Å². The van der Waals surface area contributed by atoms with Gasteiger partial charge in [-0.25, -0.2) is 8.42 Å². The van der Waals surface area contributed by atoms with Crippen molar-refractivity contribution in [3.63, 3.8) is 0 Å². The number of para-hydroxylation sites is 2. The van der Waals surface area contributed by atoms with E-state index in [0.717, 1.165) is 17.9 Å². The average molecular weight is 537 g/mol. The van der Waals surface area contributed by atoms with Gasteiger partial charge < -0.3 is 20.3 Å². The minimum atomic E-state index is -3.67. The number of hydrogen-bond acceptors (Lipinski definition) is 6. The highest BCUT2D eigenvalue weighted by Gasteiger charge is 2.29. The smallest absolute Gasteiger partial charge is 0.255 e. The third-order valence-electron chi connectivity index (χ3n) is 6.32. The van der Waals surface area contributed by atoms with Crippen LogP contribution in [0.5, 0.6) is 5.75 Å². The average Bonchev–Trinajstić information content (AvgIpc) is 2.94. The normalized spacial score (nSPS) is 14.1. The van der Waals surface area contributed by atoms with Crippen molar-refractivity contribution in [2.45, 2.75) is 24.7 Å². The Morgan fingerprint density at radius 1 is 0.842 bits per heavy atom. The summed E-state index contributed by atoms with van der Waals surface area (Å²) in [6.45, 7) is 3.74. The summed E-state index contributed by atoms with van der Waals surface area (Å²) < 4.78 is 33.4. The molecule has 0 spiro atoms. The van der Waals surface area contributed by atoms with Crippen molar-refractivity contribution in [2.75, 3.05) is 48.8 Å². The predicted octanol–water partition coefficient (Wildman–Crippen LogP) is 4.20. The second-order valence-electron chi connectivity index (χ2n) is 8.92. The molecule has 0 aromatic heterocycles. The minimum Gasteiger partial charge on any atom is -0.495 e. The van der Waals surface area contributed by atoms with E-state index in [2.05, 4.69) is 15.5 Å². The Balaban J connectivity index is 1.35. The Hall–Kier alpha value is -3.89. The molecule has 9 nitrogen and oxygen atoms in total. The van der Waals surface area contributed by atoms with Gasteiger partial charge in [0.1, 0.15) is 5.75 Å². The first kappa shape index (κ1) is 27.2. The first-order valence-corrected chi connectivity index (χ1v) is 13.9. The van der Waals surface area contributed by atoms with E-state index in [9.17, 15) is 18.0 Å². The van der Waals surface area contributed by atoms with Crippen molar-refractivity contribution in [3.05, 3.63) is 78.4 Å². The van der Waals surface area contributed by atoms with Gasteiger partial charge in [0.2, 0.25) is 15.9 Å². The molecule has 1 fully saturated rings. The third kappa shape index (κ3) is 6.32. The topological polar surface area (TPSA) is 108 Å². The minimum absolute atomic E-state index is 0.0713. The first-order valence-electron chi connectivity index (χ1n) is 12.5. The van der Waals surface area contributed by atoms with E-state index < -0.39 is 10.0 Å². The second kappa shape index (κ2) is 12.1. The van der Waals surface area contributed by atoms with Crippen molar-refractivity contribution < 1.29 is 22.7 Å². The molecule has 0 unspecified atom stereocenters. The Bertz CT molecular complexity index is 1370. The number of nitrogens with zero attached hydrogens (tertiary/aromatic N) is 2. The molecule has 0 atom stereocenters. The zero-order valence-corrected chi connectivity index (χ0v) is 22.3. The maximum absolute atomic E-state index is 13.2. The number of methoxy groups -OCH3 is 1. The standard InChI is InChI=1S/C28H32N4O5S/c1-3-6-27(33)29-22-11-9-21(10-12-22)28(34)30-23-13-15-24(16-14-23)38(35,36)32-19-17-31(18-20-32)25-7-4-5-8-26(25)37-2/h4-5,7-16H,3,6,17-20H2,1-2H3,(H,29,33)(H,30,34). The molecule has 3 aromatic rings. The Morgan fingerprint density at radius 2 is 1.45 bits per heavy atom. The number of piperazine rings is 1. The molecule has 200 valence electrons. The highest BCUT2D eigenvalue weighted by molar-refractivity contribution is 7.89. The van der Waals surface area contributed by atoms with Crippen LogP contribution in [0.15, 0.2) is 77.7 Å². The van der Waals surface area contributed by atoms with E-state index in [1.807, 2.05) is 31.2 Å². The van der Waals surface area contributed by atoms with Gasteiger partial charge in [0.05, 0.1) is 17.7 Å². The van der Waals surface area contributed by atoms with Crippen LogP contribution >= 0.6 is 0 Å². The Morgan fingerprint density at radius 3 is 2.08 bits per heavy atom. The molecular weight excluding hydrogens is 504 g/mol. The number of ether oxygens (including phenoxy) is 1. The molecule has 0 radical (unpaired) electrons. The molecule has 1 aliphatic heterocycles.